The standard InChI is InChI=1S/C19H20N2O5/c1-3-25-16-9-5-8-15(18(16)26-12-17(22)23)11-20-21-19(24)14-7-4-6-13(2)10-14/h4-11H,3,12H2,1-2H3,(H,21,24)(H,22,23)/b20-11+. The normalized spacial score (nSPS) is 10.5. The van der Waals surface area contributed by atoms with Gasteiger partial charge >= 0.3 is 5.97 Å². The molecule has 0 aliphatic rings. The van der Waals surface area contributed by atoms with Crippen molar-refractivity contribution in [2.24, 2.45) is 5.10 Å². The highest BCUT2D eigenvalue weighted by molar-refractivity contribution is 5.95. The van der Waals surface area contributed by atoms with Crippen molar-refractivity contribution >= 4 is 18.1 Å². The number of aryl methyl sites for hydroxylation is 1. The molecule has 0 radical (unpaired) electrons. The minimum absolute atomic E-state index is 0.255. The first kappa shape index (κ1) is 19.0. The summed E-state index contributed by atoms with van der Waals surface area (Å²) in [5.74, 6) is -0.793. The fourth-order valence-corrected chi connectivity index (χ4v) is 2.20. The van der Waals surface area contributed by atoms with Crippen LogP contribution < -0.4 is 14.9 Å². The zero-order valence-corrected chi connectivity index (χ0v) is 14.6. The summed E-state index contributed by atoms with van der Waals surface area (Å²) in [5, 5.41) is 12.8. The predicted octanol–water partition coefficient (Wildman–Crippen LogP) is 2.62. The Kier molecular flexibility index (Phi) is 6.73. The Labute approximate surface area is 151 Å². The number of aliphatic carboxylic acids is 1. The van der Waals surface area contributed by atoms with Crippen LogP contribution in [0.1, 0.15) is 28.4 Å². The van der Waals surface area contributed by atoms with E-state index < -0.39 is 12.6 Å². The number of carbonyl (C=O) groups excluding carboxylic acids is 1. The lowest BCUT2D eigenvalue weighted by Crippen LogP contribution is -2.18. The van der Waals surface area contributed by atoms with Crippen molar-refractivity contribution < 1.29 is 24.2 Å². The number of benzene rings is 2. The van der Waals surface area contributed by atoms with E-state index in [9.17, 15) is 9.59 Å². The largest absolute Gasteiger partial charge is 0.490 e. The number of ether oxygens (including phenoxy) is 2. The van der Waals surface area contributed by atoms with Crippen molar-refractivity contribution in [2.45, 2.75) is 13.8 Å². The van der Waals surface area contributed by atoms with Gasteiger partial charge in [-0.15, -0.1) is 0 Å². The average Bonchev–Trinajstić information content (AvgIpc) is 2.61. The Morgan fingerprint density at radius 3 is 2.65 bits per heavy atom. The molecule has 0 heterocycles. The minimum Gasteiger partial charge on any atom is -0.490 e. The van der Waals surface area contributed by atoms with E-state index in [0.29, 0.717) is 23.5 Å². The molecule has 2 N–H and O–H groups in total. The number of nitrogens with zero attached hydrogens (tertiary/aromatic N) is 1. The fourth-order valence-electron chi connectivity index (χ4n) is 2.20. The summed E-state index contributed by atoms with van der Waals surface area (Å²) < 4.78 is 10.8. The first-order valence-electron chi connectivity index (χ1n) is 8.01. The average molecular weight is 356 g/mol. The van der Waals surface area contributed by atoms with Crippen molar-refractivity contribution in [2.75, 3.05) is 13.2 Å². The first-order chi connectivity index (χ1) is 12.5. The van der Waals surface area contributed by atoms with E-state index >= 15 is 0 Å². The monoisotopic (exact) mass is 356 g/mol. The zero-order valence-electron chi connectivity index (χ0n) is 14.6. The quantitative estimate of drug-likeness (QED) is 0.560. The van der Waals surface area contributed by atoms with Crippen molar-refractivity contribution in [1.82, 2.24) is 5.43 Å². The third-order valence-corrected chi connectivity index (χ3v) is 3.30. The van der Waals surface area contributed by atoms with Crippen LogP contribution in [0.2, 0.25) is 0 Å². The van der Waals surface area contributed by atoms with Crippen LogP contribution in [0.15, 0.2) is 47.6 Å². The van der Waals surface area contributed by atoms with E-state index in [2.05, 4.69) is 10.5 Å². The van der Waals surface area contributed by atoms with E-state index in [1.54, 1.807) is 36.4 Å². The van der Waals surface area contributed by atoms with Gasteiger partial charge in [0, 0.05) is 11.1 Å². The number of carboxylic acid groups (broad SMARTS) is 1. The summed E-state index contributed by atoms with van der Waals surface area (Å²) in [5.41, 5.74) is 4.38. The van der Waals surface area contributed by atoms with Gasteiger partial charge in [-0.1, -0.05) is 23.8 Å². The highest BCUT2D eigenvalue weighted by Gasteiger charge is 2.12. The number of hydrogen-bond acceptors (Lipinski definition) is 5. The fraction of sp³-hybridized carbons (Fsp3) is 0.211. The molecule has 2 rings (SSSR count). The highest BCUT2D eigenvalue weighted by Crippen LogP contribution is 2.30. The van der Waals surface area contributed by atoms with Crippen LogP contribution in [0.4, 0.5) is 0 Å². The predicted molar refractivity (Wildman–Crippen MR) is 97.0 cm³/mol. The van der Waals surface area contributed by atoms with Gasteiger partial charge in [0.05, 0.1) is 12.8 Å². The number of para-hydroxylation sites is 1. The van der Waals surface area contributed by atoms with Gasteiger partial charge in [0.2, 0.25) is 0 Å². The van der Waals surface area contributed by atoms with E-state index in [0.717, 1.165) is 5.56 Å². The van der Waals surface area contributed by atoms with Crippen LogP contribution in [-0.2, 0) is 4.79 Å². The molecule has 0 saturated carbocycles. The molecule has 2 aromatic rings. The molecule has 2 aromatic carbocycles. The van der Waals surface area contributed by atoms with Crippen molar-refractivity contribution in [3.05, 3.63) is 59.2 Å². The maximum atomic E-state index is 12.1. The smallest absolute Gasteiger partial charge is 0.341 e. The van der Waals surface area contributed by atoms with Crippen LogP contribution in [0.5, 0.6) is 11.5 Å². The van der Waals surface area contributed by atoms with E-state index in [-0.39, 0.29) is 11.7 Å². The van der Waals surface area contributed by atoms with Gasteiger partial charge < -0.3 is 14.6 Å². The van der Waals surface area contributed by atoms with Crippen LogP contribution in [0.25, 0.3) is 0 Å². The molecule has 7 heteroatoms. The van der Waals surface area contributed by atoms with Crippen molar-refractivity contribution in [3.8, 4) is 11.5 Å². The second-order valence-corrected chi connectivity index (χ2v) is 5.36. The second-order valence-electron chi connectivity index (χ2n) is 5.36. The molecule has 136 valence electrons. The van der Waals surface area contributed by atoms with Crippen LogP contribution in [-0.4, -0.2) is 36.4 Å². The molecule has 0 unspecified atom stereocenters. The summed E-state index contributed by atoms with van der Waals surface area (Å²) in [6.07, 6.45) is 1.38. The van der Waals surface area contributed by atoms with Crippen LogP contribution in [0.3, 0.4) is 0 Å². The number of carboxylic acids is 1. The number of amides is 1. The van der Waals surface area contributed by atoms with Gasteiger partial charge in [-0.25, -0.2) is 10.2 Å². The maximum absolute atomic E-state index is 12.1. The second kappa shape index (κ2) is 9.22. The lowest BCUT2D eigenvalue weighted by Gasteiger charge is -2.12. The SMILES string of the molecule is CCOc1cccc(/C=N/NC(=O)c2cccc(C)c2)c1OCC(=O)O. The molecule has 0 bridgehead atoms. The third kappa shape index (κ3) is 5.34. The lowest BCUT2D eigenvalue weighted by atomic mass is 10.1. The minimum atomic E-state index is -1.10. The molecule has 0 aliphatic heterocycles. The molecule has 0 aliphatic carbocycles. The van der Waals surface area contributed by atoms with E-state index in [1.165, 1.54) is 6.21 Å². The summed E-state index contributed by atoms with van der Waals surface area (Å²) in [6, 6.07) is 12.2. The number of carbonyl (C=O) groups is 2. The third-order valence-electron chi connectivity index (χ3n) is 3.30. The van der Waals surface area contributed by atoms with E-state index in [4.69, 9.17) is 14.6 Å². The van der Waals surface area contributed by atoms with Crippen molar-refractivity contribution in [3.63, 3.8) is 0 Å². The Bertz CT molecular complexity index is 817. The van der Waals surface area contributed by atoms with Crippen molar-refractivity contribution in [1.29, 1.82) is 0 Å². The van der Waals surface area contributed by atoms with Gasteiger partial charge in [-0.2, -0.15) is 5.10 Å². The lowest BCUT2D eigenvalue weighted by molar-refractivity contribution is -0.139. The summed E-state index contributed by atoms with van der Waals surface area (Å²) in [6.45, 7) is 3.59. The molecule has 0 saturated heterocycles. The topological polar surface area (TPSA) is 97.2 Å². The molecular formula is C19H20N2O5. The molecule has 0 atom stereocenters. The number of rotatable bonds is 8. The van der Waals surface area contributed by atoms with Gasteiger partial charge in [-0.3, -0.25) is 4.79 Å². The molecular weight excluding hydrogens is 336 g/mol. The Balaban J connectivity index is 2.16. The number of hydrogen-bond donors (Lipinski definition) is 2. The Morgan fingerprint density at radius 2 is 1.96 bits per heavy atom. The van der Waals surface area contributed by atoms with E-state index in [1.807, 2.05) is 19.9 Å². The number of hydrazone groups is 1. The van der Waals surface area contributed by atoms with Crippen LogP contribution in [0, 0.1) is 6.92 Å². The summed E-state index contributed by atoms with van der Waals surface area (Å²) in [7, 11) is 0. The molecule has 0 spiro atoms. The first-order valence-corrected chi connectivity index (χ1v) is 8.01. The highest BCUT2D eigenvalue weighted by atomic mass is 16.5. The molecule has 0 fully saturated rings. The molecule has 0 aromatic heterocycles. The maximum Gasteiger partial charge on any atom is 0.341 e. The summed E-state index contributed by atoms with van der Waals surface area (Å²) >= 11 is 0. The molecule has 1 amide bonds. The molecule has 26 heavy (non-hydrogen) atoms. The Hall–Kier alpha value is -3.35. The number of nitrogens with one attached hydrogen (secondary N) is 1. The van der Waals surface area contributed by atoms with Gasteiger partial charge in [-0.05, 0) is 38.1 Å². The van der Waals surface area contributed by atoms with Gasteiger partial charge in [0.1, 0.15) is 0 Å². The molecule has 7 nitrogen and oxygen atoms in total. The summed E-state index contributed by atoms with van der Waals surface area (Å²) in [4.78, 5) is 22.9. The zero-order chi connectivity index (χ0) is 18.9. The van der Waals surface area contributed by atoms with Crippen LogP contribution >= 0.6 is 0 Å². The Morgan fingerprint density at radius 1 is 1.19 bits per heavy atom. The van der Waals surface area contributed by atoms with Gasteiger partial charge in [0.15, 0.2) is 18.1 Å². The van der Waals surface area contributed by atoms with Gasteiger partial charge in [0.25, 0.3) is 5.91 Å².